The summed E-state index contributed by atoms with van der Waals surface area (Å²) >= 11 is 0. The van der Waals surface area contributed by atoms with Crippen molar-refractivity contribution in [2.24, 2.45) is 0 Å². The van der Waals surface area contributed by atoms with E-state index in [0.29, 0.717) is 5.75 Å². The van der Waals surface area contributed by atoms with Crippen molar-refractivity contribution in [1.82, 2.24) is 5.32 Å². The van der Waals surface area contributed by atoms with E-state index >= 15 is 0 Å². The molecule has 0 bridgehead atoms. The van der Waals surface area contributed by atoms with E-state index in [0.717, 1.165) is 6.26 Å². The molecule has 0 aliphatic rings. The van der Waals surface area contributed by atoms with Gasteiger partial charge in [-0.3, -0.25) is 0 Å². The molecule has 8 heteroatoms. The molecule has 1 rings (SSSR count). The van der Waals surface area contributed by atoms with Gasteiger partial charge in [0, 0.05) is 6.26 Å². The molecule has 1 aromatic rings. The van der Waals surface area contributed by atoms with Gasteiger partial charge >= 0.3 is 6.09 Å². The Kier molecular flexibility index (Phi) is 6.40. The number of aliphatic hydroxyl groups excluding tert-OH is 1. The van der Waals surface area contributed by atoms with Crippen LogP contribution in [0.5, 0.6) is 5.75 Å². The molecule has 2 N–H and O–H groups in total. The summed E-state index contributed by atoms with van der Waals surface area (Å²) in [4.78, 5) is 11.6. The molecule has 0 radical (unpaired) electrons. The van der Waals surface area contributed by atoms with Crippen molar-refractivity contribution in [3.8, 4) is 5.75 Å². The molecule has 0 spiro atoms. The summed E-state index contributed by atoms with van der Waals surface area (Å²) in [5.74, 6) is 0.323. The number of alkyl carbamates (subject to hydrolysis) is 1. The summed E-state index contributed by atoms with van der Waals surface area (Å²) < 4.78 is 33.3. The summed E-state index contributed by atoms with van der Waals surface area (Å²) in [6.45, 7) is 5.08. The first-order chi connectivity index (χ1) is 10.5. The fourth-order valence-electron chi connectivity index (χ4n) is 1.56. The number of ether oxygens (including phenoxy) is 2. The zero-order chi connectivity index (χ0) is 17.7. The lowest BCUT2D eigenvalue weighted by atomic mass is 10.2. The Morgan fingerprint density at radius 3 is 2.57 bits per heavy atom. The topological polar surface area (TPSA) is 102 Å². The molecule has 0 saturated carbocycles. The average Bonchev–Trinajstić information content (AvgIpc) is 2.40. The summed E-state index contributed by atoms with van der Waals surface area (Å²) in [6, 6.07) is 5.98. The monoisotopic (exact) mass is 345 g/mol. The third-order valence-corrected chi connectivity index (χ3v) is 3.67. The largest absolute Gasteiger partial charge is 0.491 e. The van der Waals surface area contributed by atoms with E-state index in [1.165, 1.54) is 12.1 Å². The van der Waals surface area contributed by atoms with Crippen LogP contribution >= 0.6 is 0 Å². The first kappa shape index (κ1) is 19.2. The molecule has 0 unspecified atom stereocenters. The highest BCUT2D eigenvalue weighted by Crippen LogP contribution is 2.17. The number of carbonyl (C=O) groups excluding carboxylic acids is 1. The highest BCUT2D eigenvalue weighted by atomic mass is 32.2. The Morgan fingerprint density at radius 1 is 1.35 bits per heavy atom. The van der Waals surface area contributed by atoms with Gasteiger partial charge in [-0.25, -0.2) is 13.2 Å². The summed E-state index contributed by atoms with van der Waals surface area (Å²) in [5.41, 5.74) is -0.613. The van der Waals surface area contributed by atoms with E-state index in [4.69, 9.17) is 9.47 Å². The van der Waals surface area contributed by atoms with Crippen molar-refractivity contribution in [3.05, 3.63) is 24.3 Å². The second-order valence-corrected chi connectivity index (χ2v) is 8.11. The number of carbonyl (C=O) groups is 1. The molecule has 23 heavy (non-hydrogen) atoms. The van der Waals surface area contributed by atoms with Crippen LogP contribution in [0, 0.1) is 0 Å². The number of amides is 1. The van der Waals surface area contributed by atoms with Crippen molar-refractivity contribution in [2.75, 3.05) is 19.4 Å². The minimum Gasteiger partial charge on any atom is -0.491 e. The smallest absolute Gasteiger partial charge is 0.407 e. The summed E-state index contributed by atoms with van der Waals surface area (Å²) in [5, 5.41) is 12.2. The summed E-state index contributed by atoms with van der Waals surface area (Å²) in [7, 11) is -3.32. The molecule has 1 aromatic carbocycles. The predicted octanol–water partition coefficient (Wildman–Crippen LogP) is 1.35. The standard InChI is InChI=1S/C15H23NO6S/c1-15(2,3)22-14(18)16-9-11(17)10-21-12-6-5-7-13(8-12)23(4,19)20/h5-8,11,17H,9-10H2,1-4H3,(H,16,18)/t11-/m0/s1. The number of nitrogens with one attached hydrogen (secondary N) is 1. The van der Waals surface area contributed by atoms with Gasteiger partial charge < -0.3 is 19.9 Å². The van der Waals surface area contributed by atoms with Gasteiger partial charge in [-0.1, -0.05) is 6.07 Å². The first-order valence-electron chi connectivity index (χ1n) is 7.05. The number of hydrogen-bond donors (Lipinski definition) is 2. The van der Waals surface area contributed by atoms with Crippen molar-refractivity contribution in [2.45, 2.75) is 37.4 Å². The van der Waals surface area contributed by atoms with Gasteiger partial charge in [-0.05, 0) is 39.0 Å². The van der Waals surface area contributed by atoms with Gasteiger partial charge in [0.1, 0.15) is 24.1 Å². The molecule has 130 valence electrons. The number of benzene rings is 1. The van der Waals surface area contributed by atoms with Gasteiger partial charge in [0.05, 0.1) is 11.4 Å². The van der Waals surface area contributed by atoms with E-state index in [1.54, 1.807) is 32.9 Å². The lowest BCUT2D eigenvalue weighted by molar-refractivity contribution is 0.0463. The lowest BCUT2D eigenvalue weighted by Gasteiger charge is -2.20. The second kappa shape index (κ2) is 7.65. The summed E-state index contributed by atoms with van der Waals surface area (Å²) in [6.07, 6.45) is -0.480. The molecule has 0 aliphatic heterocycles. The van der Waals surface area contributed by atoms with Crippen LogP contribution in [-0.2, 0) is 14.6 Å². The number of sulfone groups is 1. The Bertz CT molecular complexity index is 636. The van der Waals surface area contributed by atoms with E-state index in [-0.39, 0.29) is 18.0 Å². The van der Waals surface area contributed by atoms with Gasteiger partial charge in [0.25, 0.3) is 0 Å². The van der Waals surface area contributed by atoms with Gasteiger partial charge in [0.15, 0.2) is 9.84 Å². The van der Waals surface area contributed by atoms with Crippen LogP contribution in [0.25, 0.3) is 0 Å². The quantitative estimate of drug-likeness (QED) is 0.807. The molecule has 0 aromatic heterocycles. The van der Waals surface area contributed by atoms with E-state index in [1.807, 2.05) is 0 Å². The number of hydrogen-bond acceptors (Lipinski definition) is 6. The molecular weight excluding hydrogens is 322 g/mol. The highest BCUT2D eigenvalue weighted by Gasteiger charge is 2.17. The van der Waals surface area contributed by atoms with E-state index < -0.39 is 27.6 Å². The molecular formula is C15H23NO6S. The van der Waals surface area contributed by atoms with E-state index in [2.05, 4.69) is 5.32 Å². The highest BCUT2D eigenvalue weighted by molar-refractivity contribution is 7.90. The van der Waals surface area contributed by atoms with Crippen LogP contribution in [0.3, 0.4) is 0 Å². The molecule has 0 fully saturated rings. The Hall–Kier alpha value is -1.80. The maximum atomic E-state index is 11.4. The zero-order valence-electron chi connectivity index (χ0n) is 13.7. The zero-order valence-corrected chi connectivity index (χ0v) is 14.5. The maximum Gasteiger partial charge on any atom is 0.407 e. The fourth-order valence-corrected chi connectivity index (χ4v) is 2.22. The van der Waals surface area contributed by atoms with Gasteiger partial charge in [-0.2, -0.15) is 0 Å². The Balaban J connectivity index is 2.45. The van der Waals surface area contributed by atoms with Gasteiger partial charge in [-0.15, -0.1) is 0 Å². The van der Waals surface area contributed by atoms with Crippen molar-refractivity contribution in [1.29, 1.82) is 0 Å². The molecule has 0 saturated heterocycles. The Labute approximate surface area is 136 Å². The third-order valence-electron chi connectivity index (χ3n) is 2.56. The fraction of sp³-hybridized carbons (Fsp3) is 0.533. The minimum atomic E-state index is -3.32. The lowest BCUT2D eigenvalue weighted by Crippen LogP contribution is -2.38. The first-order valence-corrected chi connectivity index (χ1v) is 8.94. The van der Waals surface area contributed by atoms with Crippen LogP contribution in [-0.4, -0.2) is 50.7 Å². The maximum absolute atomic E-state index is 11.4. The van der Waals surface area contributed by atoms with Crippen LogP contribution in [0.1, 0.15) is 20.8 Å². The average molecular weight is 345 g/mol. The second-order valence-electron chi connectivity index (χ2n) is 6.09. The number of aliphatic hydroxyl groups is 1. The molecule has 0 heterocycles. The van der Waals surface area contributed by atoms with Crippen molar-refractivity contribution < 1.29 is 27.8 Å². The molecule has 7 nitrogen and oxygen atoms in total. The predicted molar refractivity (Wildman–Crippen MR) is 85.3 cm³/mol. The Morgan fingerprint density at radius 2 is 2.00 bits per heavy atom. The number of rotatable bonds is 6. The van der Waals surface area contributed by atoms with Crippen LogP contribution in [0.4, 0.5) is 4.79 Å². The van der Waals surface area contributed by atoms with Crippen molar-refractivity contribution in [3.63, 3.8) is 0 Å². The molecule has 1 amide bonds. The van der Waals surface area contributed by atoms with Crippen LogP contribution in [0.2, 0.25) is 0 Å². The normalized spacial score (nSPS) is 13.3. The molecule has 1 atom stereocenters. The minimum absolute atomic E-state index is 0.0410. The SMILES string of the molecule is CC(C)(C)OC(=O)NC[C@H](O)COc1cccc(S(C)(=O)=O)c1. The van der Waals surface area contributed by atoms with Crippen LogP contribution < -0.4 is 10.1 Å². The molecule has 0 aliphatic carbocycles. The van der Waals surface area contributed by atoms with Crippen molar-refractivity contribution >= 4 is 15.9 Å². The van der Waals surface area contributed by atoms with E-state index in [9.17, 15) is 18.3 Å². The van der Waals surface area contributed by atoms with Crippen LogP contribution in [0.15, 0.2) is 29.2 Å². The van der Waals surface area contributed by atoms with Gasteiger partial charge in [0.2, 0.25) is 0 Å². The third kappa shape index (κ3) is 7.85.